The molecule has 27 heavy (non-hydrogen) atoms. The van der Waals surface area contributed by atoms with Crippen LogP contribution in [0.4, 0.5) is 0 Å². The fourth-order valence-corrected chi connectivity index (χ4v) is 3.07. The minimum Gasteiger partial charge on any atom is -0.387 e. The Morgan fingerprint density at radius 3 is 1.85 bits per heavy atom. The van der Waals surface area contributed by atoms with Gasteiger partial charge in [0.05, 0.1) is 6.10 Å². The Hall–Kier alpha value is -2.56. The van der Waals surface area contributed by atoms with Gasteiger partial charge in [0.1, 0.15) is 0 Å². The third kappa shape index (κ3) is 6.27. The second-order valence-electron chi connectivity index (χ2n) is 6.87. The van der Waals surface area contributed by atoms with Crippen molar-refractivity contribution in [3.05, 3.63) is 95.6 Å². The Balaban J connectivity index is 1.63. The van der Waals surface area contributed by atoms with Gasteiger partial charge in [-0.1, -0.05) is 42.0 Å². The minimum absolute atomic E-state index is 0.502. The molecule has 0 saturated carbocycles. The zero-order chi connectivity index (χ0) is 18.9. The average molecular weight is 361 g/mol. The predicted molar refractivity (Wildman–Crippen MR) is 108 cm³/mol. The smallest absolute Gasteiger partial charge is 0.0916 e. The summed E-state index contributed by atoms with van der Waals surface area (Å²) in [6.07, 6.45) is 4.88. The van der Waals surface area contributed by atoms with Crippen molar-refractivity contribution >= 4 is 0 Å². The summed E-state index contributed by atoms with van der Waals surface area (Å²) in [6.45, 7) is 4.37. The zero-order valence-electron chi connectivity index (χ0n) is 15.8. The van der Waals surface area contributed by atoms with Crippen LogP contribution >= 0.6 is 0 Å². The number of nitrogens with zero attached hydrogens (tertiary/aromatic N) is 3. The van der Waals surface area contributed by atoms with E-state index >= 15 is 0 Å². The van der Waals surface area contributed by atoms with Gasteiger partial charge in [-0.05, 0) is 36.8 Å². The molecule has 0 bridgehead atoms. The van der Waals surface area contributed by atoms with E-state index in [1.165, 1.54) is 5.56 Å². The van der Waals surface area contributed by atoms with Crippen LogP contribution in [0.25, 0.3) is 0 Å². The van der Waals surface area contributed by atoms with E-state index in [0.29, 0.717) is 6.54 Å². The van der Waals surface area contributed by atoms with Gasteiger partial charge in [0.15, 0.2) is 0 Å². The first-order chi connectivity index (χ1) is 13.2. The van der Waals surface area contributed by atoms with E-state index in [1.54, 1.807) is 0 Å². The van der Waals surface area contributed by atoms with Gasteiger partial charge in [-0.3, -0.25) is 14.9 Å². The third-order valence-electron chi connectivity index (χ3n) is 4.71. The lowest BCUT2D eigenvalue weighted by atomic mass is 10.1. The molecule has 4 heteroatoms. The molecule has 0 amide bonds. The molecule has 0 fully saturated rings. The second kappa shape index (κ2) is 9.95. The molecule has 2 heterocycles. The highest BCUT2D eigenvalue weighted by Gasteiger charge is 2.14. The highest BCUT2D eigenvalue weighted by Crippen LogP contribution is 2.16. The molecule has 1 N–H and O–H groups in total. The summed E-state index contributed by atoms with van der Waals surface area (Å²) in [5.74, 6) is 0. The monoisotopic (exact) mass is 361 g/mol. The van der Waals surface area contributed by atoms with Gasteiger partial charge in [0.2, 0.25) is 0 Å². The first-order valence-electron chi connectivity index (χ1n) is 9.47. The molecule has 0 spiro atoms. The van der Waals surface area contributed by atoms with Crippen molar-refractivity contribution in [2.75, 3.05) is 19.6 Å². The van der Waals surface area contributed by atoms with Crippen LogP contribution in [0.15, 0.2) is 73.1 Å². The lowest BCUT2D eigenvalue weighted by Gasteiger charge is -2.25. The van der Waals surface area contributed by atoms with E-state index in [1.807, 2.05) is 73.1 Å². The fourth-order valence-electron chi connectivity index (χ4n) is 3.07. The molecule has 2 aromatic heterocycles. The molecule has 0 aliphatic carbocycles. The molecule has 0 aliphatic heterocycles. The van der Waals surface area contributed by atoms with Gasteiger partial charge in [-0.25, -0.2) is 0 Å². The van der Waals surface area contributed by atoms with Crippen molar-refractivity contribution < 1.29 is 5.11 Å². The van der Waals surface area contributed by atoms with Crippen molar-refractivity contribution in [1.82, 2.24) is 14.9 Å². The SMILES string of the molecule is Cc1ccc(C(O)CN(CCc2ccccn2)CCc2ccccn2)cc1. The van der Waals surface area contributed by atoms with Crippen LogP contribution in [0.1, 0.15) is 28.6 Å². The summed E-state index contributed by atoms with van der Waals surface area (Å²) in [5.41, 5.74) is 4.31. The van der Waals surface area contributed by atoms with Crippen LogP contribution in [-0.4, -0.2) is 39.6 Å². The van der Waals surface area contributed by atoms with Crippen LogP contribution in [0.5, 0.6) is 0 Å². The van der Waals surface area contributed by atoms with Crippen LogP contribution in [-0.2, 0) is 12.8 Å². The normalized spacial score (nSPS) is 12.3. The van der Waals surface area contributed by atoms with Gasteiger partial charge in [0.25, 0.3) is 0 Å². The Morgan fingerprint density at radius 1 is 0.815 bits per heavy atom. The molecule has 1 unspecified atom stereocenters. The number of aliphatic hydroxyl groups is 1. The third-order valence-corrected chi connectivity index (χ3v) is 4.71. The average Bonchev–Trinajstić information content (AvgIpc) is 2.72. The molecule has 1 atom stereocenters. The molecular formula is C23H27N3O. The largest absolute Gasteiger partial charge is 0.387 e. The molecule has 4 nitrogen and oxygen atoms in total. The summed E-state index contributed by atoms with van der Waals surface area (Å²) in [5, 5.41) is 10.7. The zero-order valence-corrected chi connectivity index (χ0v) is 15.8. The van der Waals surface area contributed by atoms with Gasteiger partial charge in [-0.2, -0.15) is 0 Å². The Morgan fingerprint density at radius 2 is 1.37 bits per heavy atom. The van der Waals surface area contributed by atoms with Crippen LogP contribution in [0.2, 0.25) is 0 Å². The summed E-state index contributed by atoms with van der Waals surface area (Å²) in [7, 11) is 0. The second-order valence-corrected chi connectivity index (χ2v) is 6.87. The fraction of sp³-hybridized carbons (Fsp3) is 0.304. The molecular weight excluding hydrogens is 334 g/mol. The summed E-state index contributed by atoms with van der Waals surface area (Å²) >= 11 is 0. The van der Waals surface area contributed by atoms with Crippen molar-refractivity contribution in [2.24, 2.45) is 0 Å². The molecule has 3 aromatic rings. The van der Waals surface area contributed by atoms with Gasteiger partial charge in [-0.15, -0.1) is 0 Å². The van der Waals surface area contributed by atoms with E-state index in [0.717, 1.165) is 42.9 Å². The van der Waals surface area contributed by atoms with Crippen molar-refractivity contribution in [3.63, 3.8) is 0 Å². The quantitative estimate of drug-likeness (QED) is 0.633. The summed E-state index contributed by atoms with van der Waals surface area (Å²) in [4.78, 5) is 11.1. The maximum absolute atomic E-state index is 10.7. The van der Waals surface area contributed by atoms with E-state index < -0.39 is 6.10 Å². The topological polar surface area (TPSA) is 49.2 Å². The maximum Gasteiger partial charge on any atom is 0.0916 e. The molecule has 0 saturated heterocycles. The number of hydrogen-bond acceptors (Lipinski definition) is 4. The minimum atomic E-state index is -0.502. The Bertz CT molecular complexity index is 747. The highest BCUT2D eigenvalue weighted by molar-refractivity contribution is 5.23. The number of aromatic nitrogens is 2. The lowest BCUT2D eigenvalue weighted by Crippen LogP contribution is -2.33. The van der Waals surface area contributed by atoms with Gasteiger partial charge in [0, 0.05) is 56.3 Å². The number of hydrogen-bond donors (Lipinski definition) is 1. The van der Waals surface area contributed by atoms with Crippen LogP contribution < -0.4 is 0 Å². The summed E-state index contributed by atoms with van der Waals surface area (Å²) in [6, 6.07) is 20.1. The Labute approximate surface area is 161 Å². The Kier molecular flexibility index (Phi) is 7.08. The van der Waals surface area contributed by atoms with E-state index in [9.17, 15) is 5.11 Å². The van der Waals surface area contributed by atoms with Crippen molar-refractivity contribution in [2.45, 2.75) is 25.9 Å². The van der Waals surface area contributed by atoms with E-state index in [4.69, 9.17) is 0 Å². The molecule has 0 aliphatic rings. The van der Waals surface area contributed by atoms with Crippen molar-refractivity contribution in [3.8, 4) is 0 Å². The van der Waals surface area contributed by atoms with Gasteiger partial charge >= 0.3 is 0 Å². The standard InChI is InChI=1S/C23H27N3O/c1-19-8-10-20(11-9-19)23(27)18-26(16-12-21-6-2-4-14-24-21)17-13-22-7-3-5-15-25-22/h2-11,14-15,23,27H,12-13,16-18H2,1H3. The van der Waals surface area contributed by atoms with Crippen molar-refractivity contribution in [1.29, 1.82) is 0 Å². The molecule has 3 rings (SSSR count). The van der Waals surface area contributed by atoms with E-state index in [2.05, 4.69) is 21.8 Å². The number of rotatable bonds is 9. The maximum atomic E-state index is 10.7. The highest BCUT2D eigenvalue weighted by atomic mass is 16.3. The molecule has 0 radical (unpaired) electrons. The summed E-state index contributed by atoms with van der Waals surface area (Å²) < 4.78 is 0. The first-order valence-corrected chi connectivity index (χ1v) is 9.47. The number of aliphatic hydroxyl groups excluding tert-OH is 1. The van der Waals surface area contributed by atoms with Crippen LogP contribution in [0.3, 0.4) is 0 Å². The van der Waals surface area contributed by atoms with Gasteiger partial charge < -0.3 is 5.11 Å². The molecule has 1 aromatic carbocycles. The predicted octanol–water partition coefficient (Wildman–Crippen LogP) is 3.61. The molecule has 140 valence electrons. The first kappa shape index (κ1) is 19.2. The lowest BCUT2D eigenvalue weighted by molar-refractivity contribution is 0.114. The van der Waals surface area contributed by atoms with Crippen LogP contribution in [0, 0.1) is 6.92 Å². The van der Waals surface area contributed by atoms with E-state index in [-0.39, 0.29) is 0 Å². The number of aryl methyl sites for hydroxylation is 1. The number of pyridine rings is 2. The number of benzene rings is 1.